The van der Waals surface area contributed by atoms with Gasteiger partial charge in [0.05, 0.1) is 7.11 Å². The lowest BCUT2D eigenvalue weighted by molar-refractivity contribution is -0.156. The molecule has 1 atom stereocenters. The van der Waals surface area contributed by atoms with E-state index in [-0.39, 0.29) is 13.0 Å². The molecular formula is C18H21NO4. The number of nitrogens with zero attached hydrogens (tertiary/aromatic N) is 1. The molecule has 1 aromatic carbocycles. The molecule has 5 nitrogen and oxygen atoms in total. The standard InChI is InChI=1S/C18H21NO4/c1-3-11-18(16(20)22-2)12-7-8-13-19(18)17(21)23-14-15-9-5-4-6-10-15/h1,4-6,9-10H,7-8,11-14H2,2H3. The van der Waals surface area contributed by atoms with Crippen LogP contribution in [0.15, 0.2) is 30.3 Å². The molecule has 1 heterocycles. The summed E-state index contributed by atoms with van der Waals surface area (Å²) < 4.78 is 10.3. The number of terminal acetylenes is 1. The minimum Gasteiger partial charge on any atom is -0.467 e. The Morgan fingerprint density at radius 3 is 2.70 bits per heavy atom. The average molecular weight is 315 g/mol. The highest BCUT2D eigenvalue weighted by Gasteiger charge is 2.49. The fourth-order valence-electron chi connectivity index (χ4n) is 2.93. The van der Waals surface area contributed by atoms with Crippen LogP contribution in [0.2, 0.25) is 0 Å². The molecule has 1 aliphatic rings. The minimum absolute atomic E-state index is 0.125. The Hall–Kier alpha value is -2.48. The summed E-state index contributed by atoms with van der Waals surface area (Å²) >= 11 is 0. The lowest BCUT2D eigenvalue weighted by Gasteiger charge is -2.43. The summed E-state index contributed by atoms with van der Waals surface area (Å²) in [4.78, 5) is 26.2. The first kappa shape index (κ1) is 16.9. The number of amides is 1. The van der Waals surface area contributed by atoms with Gasteiger partial charge in [0, 0.05) is 13.0 Å². The molecule has 1 fully saturated rings. The van der Waals surface area contributed by atoms with E-state index in [1.54, 1.807) is 0 Å². The maximum Gasteiger partial charge on any atom is 0.411 e. The van der Waals surface area contributed by atoms with Gasteiger partial charge in [-0.2, -0.15) is 0 Å². The highest BCUT2D eigenvalue weighted by atomic mass is 16.6. The summed E-state index contributed by atoms with van der Waals surface area (Å²) in [7, 11) is 1.31. The van der Waals surface area contributed by atoms with Crippen molar-refractivity contribution in [1.82, 2.24) is 4.90 Å². The Balaban J connectivity index is 2.14. The minimum atomic E-state index is -1.12. The van der Waals surface area contributed by atoms with Crippen molar-refractivity contribution in [3.05, 3.63) is 35.9 Å². The van der Waals surface area contributed by atoms with Gasteiger partial charge in [0.2, 0.25) is 0 Å². The van der Waals surface area contributed by atoms with E-state index >= 15 is 0 Å². The number of hydrogen-bond acceptors (Lipinski definition) is 4. The van der Waals surface area contributed by atoms with Gasteiger partial charge in [0.1, 0.15) is 6.61 Å². The van der Waals surface area contributed by atoms with Crippen LogP contribution >= 0.6 is 0 Å². The average Bonchev–Trinajstić information content (AvgIpc) is 2.60. The van der Waals surface area contributed by atoms with Gasteiger partial charge in [-0.25, -0.2) is 9.59 Å². The van der Waals surface area contributed by atoms with Crippen LogP contribution in [-0.4, -0.2) is 36.2 Å². The van der Waals surface area contributed by atoms with Crippen LogP contribution in [0, 0.1) is 12.3 Å². The summed E-state index contributed by atoms with van der Waals surface area (Å²) in [6, 6.07) is 9.39. The van der Waals surface area contributed by atoms with Gasteiger partial charge >= 0.3 is 12.1 Å². The Bertz CT molecular complexity index is 593. The number of rotatable bonds is 4. The Morgan fingerprint density at radius 1 is 1.30 bits per heavy atom. The van der Waals surface area contributed by atoms with E-state index in [1.165, 1.54) is 12.0 Å². The first-order valence-corrected chi connectivity index (χ1v) is 7.64. The first-order valence-electron chi connectivity index (χ1n) is 7.64. The van der Waals surface area contributed by atoms with Crippen molar-refractivity contribution in [3.8, 4) is 12.3 Å². The summed E-state index contributed by atoms with van der Waals surface area (Å²) in [5.74, 6) is 2.02. The van der Waals surface area contributed by atoms with Crippen LogP contribution in [0.3, 0.4) is 0 Å². The second-order valence-corrected chi connectivity index (χ2v) is 5.55. The van der Waals surface area contributed by atoms with Gasteiger partial charge in [0.25, 0.3) is 0 Å². The first-order chi connectivity index (χ1) is 11.1. The maximum atomic E-state index is 12.5. The fourth-order valence-corrected chi connectivity index (χ4v) is 2.93. The number of methoxy groups -OCH3 is 1. The second kappa shape index (κ2) is 7.68. The number of piperidine rings is 1. The zero-order chi connectivity index (χ0) is 16.7. The molecule has 23 heavy (non-hydrogen) atoms. The summed E-state index contributed by atoms with van der Waals surface area (Å²) in [6.45, 7) is 0.591. The van der Waals surface area contributed by atoms with Gasteiger partial charge < -0.3 is 9.47 Å². The number of likely N-dealkylation sites (tertiary alicyclic amines) is 1. The van der Waals surface area contributed by atoms with Crippen LogP contribution in [0.5, 0.6) is 0 Å². The zero-order valence-corrected chi connectivity index (χ0v) is 13.3. The number of carbonyl (C=O) groups is 2. The van der Waals surface area contributed by atoms with Gasteiger partial charge in [-0.1, -0.05) is 30.3 Å². The lowest BCUT2D eigenvalue weighted by atomic mass is 9.84. The molecule has 0 spiro atoms. The van der Waals surface area contributed by atoms with E-state index < -0.39 is 17.6 Å². The molecule has 1 aromatic rings. The number of esters is 1. The molecule has 0 bridgehead atoms. The van der Waals surface area contributed by atoms with Crippen molar-refractivity contribution < 1.29 is 19.1 Å². The van der Waals surface area contributed by atoms with E-state index in [0.29, 0.717) is 13.0 Å². The van der Waals surface area contributed by atoms with Crippen LogP contribution in [0.25, 0.3) is 0 Å². The molecule has 2 rings (SSSR count). The monoisotopic (exact) mass is 315 g/mol. The molecule has 1 amide bonds. The van der Waals surface area contributed by atoms with E-state index in [1.807, 2.05) is 30.3 Å². The fraction of sp³-hybridized carbons (Fsp3) is 0.444. The molecule has 0 radical (unpaired) electrons. The van der Waals surface area contributed by atoms with Gasteiger partial charge in [0.15, 0.2) is 5.54 Å². The van der Waals surface area contributed by atoms with Crippen molar-refractivity contribution in [2.75, 3.05) is 13.7 Å². The third-order valence-corrected chi connectivity index (χ3v) is 4.12. The van der Waals surface area contributed by atoms with E-state index in [4.69, 9.17) is 15.9 Å². The molecular weight excluding hydrogens is 294 g/mol. The third kappa shape index (κ3) is 3.65. The molecule has 122 valence electrons. The van der Waals surface area contributed by atoms with Crippen molar-refractivity contribution in [3.63, 3.8) is 0 Å². The van der Waals surface area contributed by atoms with Gasteiger partial charge in [-0.05, 0) is 24.8 Å². The van der Waals surface area contributed by atoms with Crippen LogP contribution < -0.4 is 0 Å². The number of hydrogen-bond donors (Lipinski definition) is 0. The number of ether oxygens (including phenoxy) is 2. The molecule has 0 saturated carbocycles. The molecule has 1 unspecified atom stereocenters. The molecule has 0 N–H and O–H groups in total. The topological polar surface area (TPSA) is 55.8 Å². The molecule has 1 saturated heterocycles. The van der Waals surface area contributed by atoms with Gasteiger partial charge in [-0.3, -0.25) is 4.90 Å². The Kier molecular flexibility index (Phi) is 5.64. The predicted octanol–water partition coefficient (Wildman–Crippen LogP) is 2.74. The number of benzene rings is 1. The molecule has 0 aliphatic carbocycles. The molecule has 5 heteroatoms. The molecule has 1 aliphatic heterocycles. The smallest absolute Gasteiger partial charge is 0.411 e. The SMILES string of the molecule is C#CCC1(C(=O)OC)CCCCN1C(=O)OCc1ccccc1. The second-order valence-electron chi connectivity index (χ2n) is 5.55. The van der Waals surface area contributed by atoms with E-state index in [0.717, 1.165) is 18.4 Å². The summed E-state index contributed by atoms with van der Waals surface area (Å²) in [5, 5.41) is 0. The predicted molar refractivity (Wildman–Crippen MR) is 85.4 cm³/mol. The third-order valence-electron chi connectivity index (χ3n) is 4.12. The van der Waals surface area contributed by atoms with Gasteiger partial charge in [-0.15, -0.1) is 12.3 Å². The van der Waals surface area contributed by atoms with Crippen molar-refractivity contribution in [1.29, 1.82) is 0 Å². The van der Waals surface area contributed by atoms with Crippen LogP contribution in [0.4, 0.5) is 4.79 Å². The quantitative estimate of drug-likeness (QED) is 0.633. The maximum absolute atomic E-state index is 12.5. The lowest BCUT2D eigenvalue weighted by Crippen LogP contribution is -2.59. The van der Waals surface area contributed by atoms with Crippen molar-refractivity contribution in [2.45, 2.75) is 37.8 Å². The van der Waals surface area contributed by atoms with Crippen molar-refractivity contribution >= 4 is 12.1 Å². The summed E-state index contributed by atoms with van der Waals surface area (Å²) in [6.07, 6.45) is 7.14. The zero-order valence-electron chi connectivity index (χ0n) is 13.3. The Morgan fingerprint density at radius 2 is 2.04 bits per heavy atom. The normalized spacial score (nSPS) is 20.4. The Labute approximate surface area is 136 Å². The molecule has 0 aromatic heterocycles. The largest absolute Gasteiger partial charge is 0.467 e. The number of carbonyl (C=O) groups excluding carboxylic acids is 2. The highest BCUT2D eigenvalue weighted by Crippen LogP contribution is 2.33. The van der Waals surface area contributed by atoms with E-state index in [2.05, 4.69) is 5.92 Å². The van der Waals surface area contributed by atoms with Crippen LogP contribution in [-0.2, 0) is 20.9 Å². The highest BCUT2D eigenvalue weighted by molar-refractivity contribution is 5.86. The van der Waals surface area contributed by atoms with Crippen molar-refractivity contribution in [2.24, 2.45) is 0 Å². The van der Waals surface area contributed by atoms with E-state index in [9.17, 15) is 9.59 Å². The van der Waals surface area contributed by atoms with Crippen LogP contribution in [0.1, 0.15) is 31.2 Å². The summed E-state index contributed by atoms with van der Waals surface area (Å²) in [5.41, 5.74) is -0.228.